The number of nitrogens with one attached hydrogen (secondary N) is 1. The highest BCUT2D eigenvalue weighted by Crippen LogP contribution is 2.31. The van der Waals surface area contributed by atoms with E-state index in [0.717, 1.165) is 16.6 Å². The number of phenolic OH excluding ortho intramolecular Hbond substituents is 1. The fraction of sp³-hybridized carbons (Fsp3) is 0. The number of aromatic amines is 1. The van der Waals surface area contributed by atoms with E-state index in [4.69, 9.17) is 10.5 Å². The van der Waals surface area contributed by atoms with E-state index < -0.39 is 0 Å². The van der Waals surface area contributed by atoms with Gasteiger partial charge in [0.2, 0.25) is 5.88 Å². The Morgan fingerprint density at radius 1 is 1.00 bits per heavy atom. The first-order valence-electron chi connectivity index (χ1n) is 7.35. The van der Waals surface area contributed by atoms with Crippen molar-refractivity contribution in [1.29, 1.82) is 0 Å². The molecule has 0 saturated heterocycles. The van der Waals surface area contributed by atoms with Gasteiger partial charge in [0.25, 0.3) is 0 Å². The Hall–Kier alpha value is -3.25. The fourth-order valence-corrected chi connectivity index (χ4v) is 2.52. The molecule has 2 aromatic carbocycles. The highest BCUT2D eigenvalue weighted by molar-refractivity contribution is 5.87. The molecular formula is C18H15ClN4O2. The van der Waals surface area contributed by atoms with Crippen LogP contribution in [-0.2, 0) is 0 Å². The predicted molar refractivity (Wildman–Crippen MR) is 99.2 cm³/mol. The van der Waals surface area contributed by atoms with Crippen LogP contribution in [0, 0.1) is 0 Å². The number of anilines is 1. The van der Waals surface area contributed by atoms with E-state index in [-0.39, 0.29) is 18.2 Å². The van der Waals surface area contributed by atoms with Crippen LogP contribution in [0.4, 0.5) is 5.69 Å². The zero-order valence-corrected chi connectivity index (χ0v) is 13.8. The van der Waals surface area contributed by atoms with Crippen molar-refractivity contribution in [2.45, 2.75) is 0 Å². The summed E-state index contributed by atoms with van der Waals surface area (Å²) >= 11 is 0. The molecule has 25 heavy (non-hydrogen) atoms. The first kappa shape index (κ1) is 16.6. The van der Waals surface area contributed by atoms with Gasteiger partial charge in [0.15, 0.2) is 0 Å². The van der Waals surface area contributed by atoms with Gasteiger partial charge in [-0.3, -0.25) is 0 Å². The van der Waals surface area contributed by atoms with Gasteiger partial charge in [-0.2, -0.15) is 0 Å². The summed E-state index contributed by atoms with van der Waals surface area (Å²) in [5.74, 6) is 1.05. The van der Waals surface area contributed by atoms with Crippen molar-refractivity contribution in [3.63, 3.8) is 0 Å². The summed E-state index contributed by atoms with van der Waals surface area (Å²) in [5, 5.41) is 10.3. The fourth-order valence-electron chi connectivity index (χ4n) is 2.52. The minimum atomic E-state index is 0. The van der Waals surface area contributed by atoms with Crippen LogP contribution in [0.25, 0.3) is 22.3 Å². The number of phenols is 1. The summed E-state index contributed by atoms with van der Waals surface area (Å²) in [6.45, 7) is 0. The minimum absolute atomic E-state index is 0. The van der Waals surface area contributed by atoms with Crippen LogP contribution in [0.3, 0.4) is 0 Å². The van der Waals surface area contributed by atoms with Gasteiger partial charge in [0, 0.05) is 23.0 Å². The first-order chi connectivity index (χ1) is 11.7. The number of hydrogen-bond donors (Lipinski definition) is 3. The Kier molecular flexibility index (Phi) is 4.45. The third-order valence-corrected chi connectivity index (χ3v) is 3.62. The maximum absolute atomic E-state index is 9.55. The van der Waals surface area contributed by atoms with E-state index in [1.165, 1.54) is 12.4 Å². The SMILES string of the molecule is Cl.Nc1cccc(-c2cc3c(Oc4cccc(O)c4)ncnc3[nH]2)c1. The lowest BCUT2D eigenvalue weighted by Crippen LogP contribution is -1.89. The number of aromatic nitrogens is 3. The van der Waals surface area contributed by atoms with Crippen molar-refractivity contribution < 1.29 is 9.84 Å². The van der Waals surface area contributed by atoms with Gasteiger partial charge in [-0.05, 0) is 30.3 Å². The van der Waals surface area contributed by atoms with E-state index in [1.54, 1.807) is 18.2 Å². The molecule has 0 radical (unpaired) electrons. The smallest absolute Gasteiger partial charge is 0.231 e. The summed E-state index contributed by atoms with van der Waals surface area (Å²) in [6.07, 6.45) is 1.43. The standard InChI is InChI=1S/C18H14N4O2.ClH/c19-12-4-1-3-11(7-12)16-9-15-17(22-16)20-10-21-18(15)24-14-6-2-5-13(23)8-14;/h1-10,23H,19H2,(H,20,21,22);1H. The minimum Gasteiger partial charge on any atom is -0.508 e. The number of aromatic hydroxyl groups is 1. The number of halogens is 1. The van der Waals surface area contributed by atoms with Gasteiger partial charge in [-0.1, -0.05) is 18.2 Å². The van der Waals surface area contributed by atoms with Crippen molar-refractivity contribution in [3.05, 3.63) is 60.9 Å². The average molecular weight is 355 g/mol. The molecule has 0 spiro atoms. The topological polar surface area (TPSA) is 97.1 Å². The van der Waals surface area contributed by atoms with E-state index in [1.807, 2.05) is 30.3 Å². The average Bonchev–Trinajstić information content (AvgIpc) is 3.00. The second-order valence-corrected chi connectivity index (χ2v) is 5.35. The van der Waals surface area contributed by atoms with Crippen LogP contribution < -0.4 is 10.5 Å². The molecule has 4 rings (SSSR count). The molecule has 0 bridgehead atoms. The second kappa shape index (κ2) is 6.70. The van der Waals surface area contributed by atoms with Gasteiger partial charge in [-0.15, -0.1) is 12.4 Å². The van der Waals surface area contributed by atoms with Crippen LogP contribution in [-0.4, -0.2) is 20.1 Å². The van der Waals surface area contributed by atoms with Crippen LogP contribution in [0.2, 0.25) is 0 Å². The van der Waals surface area contributed by atoms with Crippen molar-refractivity contribution in [3.8, 4) is 28.6 Å². The Balaban J connectivity index is 0.00000182. The zero-order chi connectivity index (χ0) is 16.5. The molecule has 126 valence electrons. The molecule has 7 heteroatoms. The summed E-state index contributed by atoms with van der Waals surface area (Å²) in [5.41, 5.74) is 9.03. The molecule has 0 aliphatic carbocycles. The molecule has 0 amide bonds. The molecule has 2 heterocycles. The maximum Gasteiger partial charge on any atom is 0.231 e. The Morgan fingerprint density at radius 3 is 2.64 bits per heavy atom. The van der Waals surface area contributed by atoms with Crippen LogP contribution in [0.1, 0.15) is 0 Å². The third-order valence-electron chi connectivity index (χ3n) is 3.62. The molecule has 0 fully saturated rings. The Labute approximate surface area is 149 Å². The number of rotatable bonds is 3. The van der Waals surface area contributed by atoms with Crippen molar-refractivity contribution >= 4 is 29.1 Å². The summed E-state index contributed by atoms with van der Waals surface area (Å²) in [4.78, 5) is 11.7. The van der Waals surface area contributed by atoms with Gasteiger partial charge in [0.1, 0.15) is 23.5 Å². The normalized spacial score (nSPS) is 10.4. The van der Waals surface area contributed by atoms with E-state index in [2.05, 4.69) is 15.0 Å². The quantitative estimate of drug-likeness (QED) is 0.481. The largest absolute Gasteiger partial charge is 0.508 e. The molecule has 6 nitrogen and oxygen atoms in total. The number of nitrogens with zero attached hydrogens (tertiary/aromatic N) is 2. The Morgan fingerprint density at radius 2 is 1.84 bits per heavy atom. The number of ether oxygens (including phenoxy) is 1. The lowest BCUT2D eigenvalue weighted by atomic mass is 10.1. The van der Waals surface area contributed by atoms with Crippen molar-refractivity contribution in [2.75, 3.05) is 5.73 Å². The highest BCUT2D eigenvalue weighted by atomic mass is 35.5. The number of H-pyrrole nitrogens is 1. The number of fused-ring (bicyclic) bond motifs is 1. The molecule has 4 N–H and O–H groups in total. The van der Waals surface area contributed by atoms with E-state index >= 15 is 0 Å². The monoisotopic (exact) mass is 354 g/mol. The number of hydrogen-bond acceptors (Lipinski definition) is 5. The highest BCUT2D eigenvalue weighted by Gasteiger charge is 2.11. The van der Waals surface area contributed by atoms with E-state index in [0.29, 0.717) is 23.0 Å². The number of nitrogens with two attached hydrogens (primary N) is 1. The molecule has 0 unspecified atom stereocenters. The maximum atomic E-state index is 9.55. The van der Waals surface area contributed by atoms with Gasteiger partial charge < -0.3 is 20.6 Å². The molecule has 0 aliphatic rings. The zero-order valence-electron chi connectivity index (χ0n) is 13.0. The summed E-state index contributed by atoms with van der Waals surface area (Å²) < 4.78 is 5.79. The molecule has 2 aromatic heterocycles. The Bertz CT molecular complexity index is 1030. The van der Waals surface area contributed by atoms with Crippen LogP contribution >= 0.6 is 12.4 Å². The number of benzene rings is 2. The summed E-state index contributed by atoms with van der Waals surface area (Å²) in [7, 11) is 0. The molecule has 0 saturated carbocycles. The molecular weight excluding hydrogens is 340 g/mol. The predicted octanol–water partition coefficient (Wildman–Crippen LogP) is 4.13. The van der Waals surface area contributed by atoms with Crippen LogP contribution in [0.15, 0.2) is 60.9 Å². The van der Waals surface area contributed by atoms with Gasteiger partial charge in [-0.25, -0.2) is 9.97 Å². The molecule has 4 aromatic rings. The van der Waals surface area contributed by atoms with Gasteiger partial charge in [0.05, 0.1) is 5.39 Å². The van der Waals surface area contributed by atoms with Crippen molar-refractivity contribution in [1.82, 2.24) is 15.0 Å². The summed E-state index contributed by atoms with van der Waals surface area (Å²) in [6, 6.07) is 16.1. The lowest BCUT2D eigenvalue weighted by Gasteiger charge is -2.05. The number of nitrogen functional groups attached to an aromatic ring is 1. The van der Waals surface area contributed by atoms with Gasteiger partial charge >= 0.3 is 0 Å². The third kappa shape index (κ3) is 3.34. The second-order valence-electron chi connectivity index (χ2n) is 5.35. The molecule has 0 aliphatic heterocycles. The van der Waals surface area contributed by atoms with E-state index in [9.17, 15) is 5.11 Å². The van der Waals surface area contributed by atoms with Crippen molar-refractivity contribution in [2.24, 2.45) is 0 Å². The first-order valence-corrected chi connectivity index (χ1v) is 7.35. The lowest BCUT2D eigenvalue weighted by molar-refractivity contribution is 0.448. The van der Waals surface area contributed by atoms with Crippen LogP contribution in [0.5, 0.6) is 17.4 Å². The molecule has 0 atom stereocenters.